The molecule has 28 heavy (non-hydrogen) atoms. The van der Waals surface area contributed by atoms with E-state index in [1.54, 1.807) is 31.4 Å². The molecule has 0 fully saturated rings. The largest absolute Gasteiger partial charge is 0.755 e. The Hall–Kier alpha value is -3.36. The van der Waals surface area contributed by atoms with E-state index in [0.29, 0.717) is 11.4 Å². The zero-order chi connectivity index (χ0) is 20.3. The summed E-state index contributed by atoms with van der Waals surface area (Å²) in [5.41, 5.74) is 1.62. The molecule has 1 unspecified atom stereocenters. The van der Waals surface area contributed by atoms with Gasteiger partial charge < -0.3 is 19.5 Å². The first-order valence-electron chi connectivity index (χ1n) is 8.11. The number of rotatable bonds is 6. The van der Waals surface area contributed by atoms with E-state index < -0.39 is 23.0 Å². The van der Waals surface area contributed by atoms with E-state index in [4.69, 9.17) is 9.84 Å². The number of carbonyl (C=O) groups is 1. The molecule has 0 aromatic heterocycles. The fraction of sp³-hybridized carbons (Fsp3) is 0.0500. The second kappa shape index (κ2) is 8.12. The maximum absolute atomic E-state index is 11.9. The van der Waals surface area contributed by atoms with Crippen LogP contribution in [0, 0.1) is 0 Å². The van der Waals surface area contributed by atoms with Crippen LogP contribution >= 0.6 is 0 Å². The third-order valence-corrected chi connectivity index (χ3v) is 4.81. The van der Waals surface area contributed by atoms with Gasteiger partial charge in [-0.3, -0.25) is 8.51 Å². The Labute approximate surface area is 163 Å². The molecule has 3 aromatic carbocycles. The van der Waals surface area contributed by atoms with Crippen molar-refractivity contribution in [2.75, 3.05) is 11.4 Å². The summed E-state index contributed by atoms with van der Waals surface area (Å²) >= 11 is -2.71. The molecular formula is C20H16NO6S-. The average Bonchev–Trinajstić information content (AvgIpc) is 2.68. The van der Waals surface area contributed by atoms with E-state index in [-0.39, 0.29) is 11.3 Å². The highest BCUT2D eigenvalue weighted by Gasteiger charge is 2.16. The highest BCUT2D eigenvalue weighted by molar-refractivity contribution is 7.81. The molecule has 2 N–H and O–H groups in total. The summed E-state index contributed by atoms with van der Waals surface area (Å²) in [5, 5.41) is 18.9. The van der Waals surface area contributed by atoms with Crippen molar-refractivity contribution < 1.29 is 28.5 Å². The number of benzene rings is 3. The molecular weight excluding hydrogens is 382 g/mol. The third-order valence-electron chi connectivity index (χ3n) is 4.09. The number of hydrogen-bond donors (Lipinski definition) is 2. The molecule has 8 heteroatoms. The number of anilines is 2. The van der Waals surface area contributed by atoms with Crippen molar-refractivity contribution in [2.45, 2.75) is 0 Å². The molecule has 144 valence electrons. The lowest BCUT2D eigenvalue weighted by molar-refractivity contribution is 0.0694. The number of phenols is 1. The molecule has 7 nitrogen and oxygen atoms in total. The van der Waals surface area contributed by atoms with Crippen LogP contribution in [0.5, 0.6) is 11.5 Å². The number of methoxy groups -OCH3 is 1. The second-order valence-corrected chi connectivity index (χ2v) is 6.57. The van der Waals surface area contributed by atoms with Crippen molar-refractivity contribution in [1.82, 2.24) is 0 Å². The van der Waals surface area contributed by atoms with Gasteiger partial charge in [-0.25, -0.2) is 4.79 Å². The second-order valence-electron chi connectivity index (χ2n) is 5.77. The summed E-state index contributed by atoms with van der Waals surface area (Å²) in [4.78, 5) is 11.1. The number of aromatic hydroxyl groups is 1. The molecule has 0 aliphatic heterocycles. The Kier molecular flexibility index (Phi) is 5.62. The Morgan fingerprint density at radius 3 is 2.39 bits per heavy atom. The van der Waals surface area contributed by atoms with Gasteiger partial charge in [-0.2, -0.15) is 0 Å². The van der Waals surface area contributed by atoms with Crippen LogP contribution in [-0.4, -0.2) is 32.1 Å². The lowest BCUT2D eigenvalue weighted by Gasteiger charge is -2.27. The monoisotopic (exact) mass is 398 g/mol. The highest BCUT2D eigenvalue weighted by atomic mass is 32.2. The molecule has 0 amide bonds. The molecule has 3 aromatic rings. The standard InChI is InChI=1S/C20H17NO6S/c1-27-19-8-3-2-7-16(19)13-5-4-6-14(11-13)21(28(25)26)15-9-10-17(20(23)24)18(22)12-15/h2-12,22H,1H3,(H,23,24)(H,25,26)/p-1. The first kappa shape index (κ1) is 19.4. The van der Waals surface area contributed by atoms with Gasteiger partial charge in [-0.15, -0.1) is 0 Å². The van der Waals surface area contributed by atoms with Gasteiger partial charge in [0.1, 0.15) is 17.1 Å². The highest BCUT2D eigenvalue weighted by Crippen LogP contribution is 2.35. The maximum Gasteiger partial charge on any atom is 0.339 e. The van der Waals surface area contributed by atoms with Crippen molar-refractivity contribution in [2.24, 2.45) is 0 Å². The summed E-state index contributed by atoms with van der Waals surface area (Å²) < 4.78 is 30.1. The van der Waals surface area contributed by atoms with E-state index in [1.807, 2.05) is 24.3 Å². The maximum atomic E-state index is 11.9. The molecule has 1 atom stereocenters. The molecule has 0 aliphatic rings. The fourth-order valence-corrected chi connectivity index (χ4v) is 3.40. The van der Waals surface area contributed by atoms with Gasteiger partial charge in [0.05, 0.1) is 29.8 Å². The quantitative estimate of drug-likeness (QED) is 0.613. The zero-order valence-electron chi connectivity index (χ0n) is 14.7. The number of hydrogen-bond acceptors (Lipinski definition) is 5. The van der Waals surface area contributed by atoms with Crippen molar-refractivity contribution >= 4 is 28.6 Å². The Balaban J connectivity index is 2.08. The summed E-state index contributed by atoms with van der Waals surface area (Å²) in [6, 6.07) is 17.7. The number of nitrogens with zero attached hydrogens (tertiary/aromatic N) is 1. The first-order chi connectivity index (χ1) is 13.4. The predicted octanol–water partition coefficient (Wildman–Crippen LogP) is 3.70. The SMILES string of the molecule is COc1ccccc1-c1cccc(N(c2ccc(C(=O)O)c(O)c2)S(=O)[O-])c1. The zero-order valence-corrected chi connectivity index (χ0v) is 15.6. The molecule has 3 rings (SSSR count). The van der Waals surface area contributed by atoms with Crippen LogP contribution < -0.4 is 9.04 Å². The lowest BCUT2D eigenvalue weighted by Crippen LogP contribution is -2.19. The minimum absolute atomic E-state index is 0.105. The molecule has 0 heterocycles. The van der Waals surface area contributed by atoms with E-state index in [9.17, 15) is 18.7 Å². The number of carboxylic acids is 1. The number of aromatic carboxylic acids is 1. The summed E-state index contributed by atoms with van der Waals surface area (Å²) in [6.07, 6.45) is 0. The molecule has 0 bridgehead atoms. The third kappa shape index (κ3) is 3.83. The van der Waals surface area contributed by atoms with Gasteiger partial charge in [0.15, 0.2) is 0 Å². The van der Waals surface area contributed by atoms with Gasteiger partial charge in [-0.1, -0.05) is 30.3 Å². The van der Waals surface area contributed by atoms with Crippen LogP contribution in [0.3, 0.4) is 0 Å². The minimum Gasteiger partial charge on any atom is -0.755 e. The van der Waals surface area contributed by atoms with E-state index in [0.717, 1.165) is 27.6 Å². The Morgan fingerprint density at radius 2 is 1.75 bits per heavy atom. The Bertz CT molecular complexity index is 1050. The van der Waals surface area contributed by atoms with Gasteiger partial charge in [-0.05, 0) is 35.9 Å². The van der Waals surface area contributed by atoms with E-state index in [2.05, 4.69) is 0 Å². The first-order valence-corrected chi connectivity index (χ1v) is 9.15. The molecule has 0 saturated carbocycles. The van der Waals surface area contributed by atoms with Crippen molar-refractivity contribution in [3.8, 4) is 22.6 Å². The molecule has 0 saturated heterocycles. The predicted molar refractivity (Wildman–Crippen MR) is 105 cm³/mol. The van der Waals surface area contributed by atoms with Gasteiger partial charge in [0, 0.05) is 11.6 Å². The molecule has 0 spiro atoms. The van der Waals surface area contributed by atoms with E-state index in [1.165, 1.54) is 6.07 Å². The van der Waals surface area contributed by atoms with Crippen molar-refractivity contribution in [1.29, 1.82) is 0 Å². The van der Waals surface area contributed by atoms with E-state index >= 15 is 0 Å². The van der Waals surface area contributed by atoms with Crippen LogP contribution in [0.1, 0.15) is 10.4 Å². The normalized spacial score (nSPS) is 11.6. The number of ether oxygens (including phenoxy) is 1. The lowest BCUT2D eigenvalue weighted by atomic mass is 10.0. The van der Waals surface area contributed by atoms with Crippen LogP contribution in [-0.2, 0) is 11.3 Å². The fourth-order valence-electron chi connectivity index (χ4n) is 2.83. The minimum atomic E-state index is -2.71. The number of para-hydroxylation sites is 1. The van der Waals surface area contributed by atoms with Crippen LogP contribution in [0.4, 0.5) is 11.4 Å². The Morgan fingerprint density at radius 1 is 1.04 bits per heavy atom. The van der Waals surface area contributed by atoms with Gasteiger partial charge in [0.2, 0.25) is 0 Å². The summed E-state index contributed by atoms with van der Waals surface area (Å²) in [6.45, 7) is 0. The number of carboxylic acid groups (broad SMARTS) is 1. The molecule has 0 radical (unpaired) electrons. The topological polar surface area (TPSA) is 110 Å². The molecule has 0 aliphatic carbocycles. The summed E-state index contributed by atoms with van der Waals surface area (Å²) in [7, 11) is 1.55. The smallest absolute Gasteiger partial charge is 0.339 e. The average molecular weight is 398 g/mol. The van der Waals surface area contributed by atoms with Crippen molar-refractivity contribution in [3.05, 3.63) is 72.3 Å². The summed E-state index contributed by atoms with van der Waals surface area (Å²) in [5.74, 6) is -1.20. The van der Waals surface area contributed by atoms with Crippen LogP contribution in [0.25, 0.3) is 11.1 Å². The van der Waals surface area contributed by atoms with Gasteiger partial charge in [0.25, 0.3) is 0 Å². The van der Waals surface area contributed by atoms with Crippen LogP contribution in [0.2, 0.25) is 0 Å². The van der Waals surface area contributed by atoms with Gasteiger partial charge >= 0.3 is 5.97 Å². The van der Waals surface area contributed by atoms with Crippen LogP contribution in [0.15, 0.2) is 66.7 Å². The van der Waals surface area contributed by atoms with Crippen molar-refractivity contribution in [3.63, 3.8) is 0 Å².